The number of hydrogen-bond donors (Lipinski definition) is 0. The Morgan fingerprint density at radius 3 is 1.11 bits per heavy atom. The molecule has 2 heteroatoms. The predicted octanol–water partition coefficient (Wildman–Crippen LogP) is 29.5. The van der Waals surface area contributed by atoms with Gasteiger partial charge in [-0.1, -0.05) is 355 Å². The minimum absolute atomic E-state index is 0.154. The molecule has 0 bridgehead atoms. The molecule has 0 N–H and O–H groups in total. The van der Waals surface area contributed by atoms with Gasteiger partial charge in [0.2, 0.25) is 0 Å². The smallest absolute Gasteiger partial charge is 0.0546 e. The molecule has 0 unspecified atom stereocenters. The van der Waals surface area contributed by atoms with Crippen LogP contribution in [0.1, 0.15) is 49.9 Å². The minimum atomic E-state index is -0.336. The van der Waals surface area contributed by atoms with Gasteiger partial charge >= 0.3 is 0 Å². The van der Waals surface area contributed by atoms with Gasteiger partial charge in [0.15, 0.2) is 0 Å². The van der Waals surface area contributed by atoms with Crippen LogP contribution in [0.15, 0.2) is 388 Å². The van der Waals surface area contributed by atoms with E-state index in [1.54, 1.807) is 0 Å². The second-order valence-electron chi connectivity index (χ2n) is 30.2. The number of para-hydroxylation sites is 2. The van der Waals surface area contributed by atoms with Crippen LogP contribution in [-0.2, 0) is 10.8 Å². The van der Waals surface area contributed by atoms with Gasteiger partial charge in [0.1, 0.15) is 0 Å². The van der Waals surface area contributed by atoms with Crippen LogP contribution < -0.4 is 9.80 Å². The lowest BCUT2D eigenvalue weighted by Gasteiger charge is -2.30. The molecule has 0 aromatic heterocycles. The van der Waals surface area contributed by atoms with Gasteiger partial charge in [-0.3, -0.25) is 0 Å². The lowest BCUT2D eigenvalue weighted by Crippen LogP contribution is -2.15. The quantitative estimate of drug-likeness (QED) is 0.106. The summed E-state index contributed by atoms with van der Waals surface area (Å²) in [5.41, 5.74) is 33.3. The number of hydrogen-bond acceptors (Lipinski definition) is 2. The van der Waals surface area contributed by atoms with Crippen LogP contribution in [0.4, 0.5) is 34.1 Å². The van der Waals surface area contributed by atoms with Crippen molar-refractivity contribution in [2.45, 2.75) is 38.5 Å². The SMILES string of the molecule is CC1(C)c2ccccc2-c2c(-c3ccccc3N(c3ccc(-c4cccc5cccc(-c6ccccc6)c45)cc3)c3cccc(-c4ccc5c(c4)C(C)(C)c4cccc(-c6ccccc6N(c6ccc(-c7cccc8cccc(-c9ccccc9)c78)cc6)c6cc7ccccc7c7ccccc67)c4-5)c3)cccc21. The molecule has 18 aromatic carbocycles. The van der Waals surface area contributed by atoms with E-state index in [1.165, 1.54) is 154 Å². The van der Waals surface area contributed by atoms with Gasteiger partial charge in [-0.15, -0.1) is 0 Å². The molecule has 108 heavy (non-hydrogen) atoms. The normalized spacial score (nSPS) is 13.0. The van der Waals surface area contributed by atoms with E-state index in [-0.39, 0.29) is 10.8 Å². The third-order valence-corrected chi connectivity index (χ3v) is 23.5. The summed E-state index contributed by atoms with van der Waals surface area (Å²) in [5, 5.41) is 9.79. The van der Waals surface area contributed by atoms with Crippen molar-refractivity contribution in [2.24, 2.45) is 0 Å². The van der Waals surface area contributed by atoms with Gasteiger partial charge in [-0.2, -0.15) is 0 Å². The summed E-state index contributed by atoms with van der Waals surface area (Å²) in [6.07, 6.45) is 0. The Bertz CT molecular complexity index is 6590. The number of nitrogens with zero attached hydrogens (tertiary/aromatic N) is 2. The number of anilines is 6. The van der Waals surface area contributed by atoms with Crippen LogP contribution >= 0.6 is 0 Å². The molecule has 20 rings (SSSR count). The summed E-state index contributed by atoms with van der Waals surface area (Å²) < 4.78 is 0. The molecule has 0 atom stereocenters. The molecule has 510 valence electrons. The van der Waals surface area contributed by atoms with Gasteiger partial charge in [-0.25, -0.2) is 0 Å². The third kappa shape index (κ3) is 10.5. The molecule has 2 aliphatic carbocycles. The molecule has 0 fully saturated rings. The molecule has 2 aliphatic rings. The summed E-state index contributed by atoms with van der Waals surface area (Å²) in [7, 11) is 0. The molecule has 0 saturated carbocycles. The predicted molar refractivity (Wildman–Crippen MR) is 459 cm³/mol. The van der Waals surface area contributed by atoms with Gasteiger partial charge in [-0.05, 0) is 210 Å². The van der Waals surface area contributed by atoms with E-state index >= 15 is 0 Å². The molecule has 0 amide bonds. The summed E-state index contributed by atoms with van der Waals surface area (Å²) >= 11 is 0. The Morgan fingerprint density at radius 2 is 0.546 bits per heavy atom. The highest BCUT2D eigenvalue weighted by atomic mass is 15.2. The summed E-state index contributed by atoms with van der Waals surface area (Å²) in [6.45, 7) is 9.59. The Hall–Kier alpha value is -13.4. The van der Waals surface area contributed by atoms with Crippen LogP contribution in [0.25, 0.3) is 143 Å². The minimum Gasteiger partial charge on any atom is -0.310 e. The first-order valence-electron chi connectivity index (χ1n) is 37.8. The molecular formula is C106H76N2. The van der Waals surface area contributed by atoms with E-state index in [9.17, 15) is 0 Å². The van der Waals surface area contributed by atoms with E-state index in [4.69, 9.17) is 0 Å². The van der Waals surface area contributed by atoms with Crippen LogP contribution in [-0.4, -0.2) is 0 Å². The first kappa shape index (κ1) is 64.2. The summed E-state index contributed by atoms with van der Waals surface area (Å²) in [6, 6.07) is 145. The Labute approximate surface area is 632 Å². The summed E-state index contributed by atoms with van der Waals surface area (Å²) in [4.78, 5) is 5.02. The highest BCUT2D eigenvalue weighted by Gasteiger charge is 2.40. The maximum absolute atomic E-state index is 2.53. The van der Waals surface area contributed by atoms with E-state index in [0.29, 0.717) is 0 Å². The lowest BCUT2D eigenvalue weighted by atomic mass is 9.81. The standard InChI is InChI=1S/C106H76N2/c1-105(2)94-51-18-15-44-92(94)103-90(49-26-52-95(103)105)88-42-16-19-54-98(88)107(78-61-56-71(57-62-78)84-47-24-35-73-33-22-45-82(101(73)84)69-28-7-5-8-29-69)80-38-21-37-75(66-80)76-60-65-93-97(67-76)106(3,4)96-53-27-50-91(104(93)96)89-43-17-20-55-99(89)108(100-68-77-32-11-12-39-81(77)86-40-13-14-41-87(86)100)79-63-58-72(59-64-79)85-48-25-36-74-34-23-46-83(102(74)85)70-30-9-6-10-31-70/h5-68H,1-4H3. The Morgan fingerprint density at radius 1 is 0.185 bits per heavy atom. The van der Waals surface area contributed by atoms with Crippen LogP contribution in [0.5, 0.6) is 0 Å². The molecule has 0 spiro atoms. The van der Waals surface area contributed by atoms with Crippen molar-refractivity contribution in [1.82, 2.24) is 0 Å². The van der Waals surface area contributed by atoms with E-state index in [1.807, 2.05) is 0 Å². The van der Waals surface area contributed by atoms with E-state index < -0.39 is 0 Å². The number of rotatable bonds is 13. The zero-order valence-corrected chi connectivity index (χ0v) is 60.8. The van der Waals surface area contributed by atoms with E-state index in [0.717, 1.165) is 45.3 Å². The zero-order chi connectivity index (χ0) is 72.2. The molecule has 2 nitrogen and oxygen atoms in total. The first-order chi connectivity index (χ1) is 53.1. The third-order valence-electron chi connectivity index (χ3n) is 23.5. The highest BCUT2D eigenvalue weighted by molar-refractivity contribution is 6.16. The maximum atomic E-state index is 2.53. The molecular weight excluding hydrogens is 1300 g/mol. The fraction of sp³-hybridized carbons (Fsp3) is 0.0566. The van der Waals surface area contributed by atoms with E-state index in [2.05, 4.69) is 426 Å². The lowest BCUT2D eigenvalue weighted by molar-refractivity contribution is 0.660. The fourth-order valence-electron chi connectivity index (χ4n) is 18.3. The van der Waals surface area contributed by atoms with Crippen molar-refractivity contribution >= 4 is 77.2 Å². The summed E-state index contributed by atoms with van der Waals surface area (Å²) in [5.74, 6) is 0. The van der Waals surface area contributed by atoms with Crippen molar-refractivity contribution < 1.29 is 0 Å². The van der Waals surface area contributed by atoms with Crippen molar-refractivity contribution in [3.8, 4) is 100 Å². The molecule has 0 saturated heterocycles. The Kier molecular flexibility index (Phi) is 15.3. The highest BCUT2D eigenvalue weighted by Crippen LogP contribution is 2.58. The second kappa shape index (κ2) is 25.7. The molecule has 18 aromatic rings. The van der Waals surface area contributed by atoms with Gasteiger partial charge in [0, 0.05) is 44.4 Å². The maximum Gasteiger partial charge on any atom is 0.0546 e. The zero-order valence-electron chi connectivity index (χ0n) is 60.8. The van der Waals surface area contributed by atoms with Crippen molar-refractivity contribution in [1.29, 1.82) is 0 Å². The van der Waals surface area contributed by atoms with Gasteiger partial charge in [0.25, 0.3) is 0 Å². The Balaban J connectivity index is 0.716. The average Bonchev–Trinajstić information content (AvgIpc) is 1.54. The first-order valence-corrected chi connectivity index (χ1v) is 37.8. The van der Waals surface area contributed by atoms with Crippen molar-refractivity contribution in [2.75, 3.05) is 9.80 Å². The number of benzene rings is 18. The fourth-order valence-corrected chi connectivity index (χ4v) is 18.3. The number of fused-ring (bicyclic) bond motifs is 11. The average molecular weight is 1380 g/mol. The molecule has 0 radical (unpaired) electrons. The molecule has 0 aliphatic heterocycles. The topological polar surface area (TPSA) is 6.48 Å². The van der Waals surface area contributed by atoms with Crippen molar-refractivity contribution in [3.63, 3.8) is 0 Å². The van der Waals surface area contributed by atoms with Crippen LogP contribution in [0, 0.1) is 0 Å². The van der Waals surface area contributed by atoms with Gasteiger partial charge < -0.3 is 9.80 Å². The van der Waals surface area contributed by atoms with Crippen LogP contribution in [0.2, 0.25) is 0 Å². The molecule has 0 heterocycles. The monoisotopic (exact) mass is 1380 g/mol. The van der Waals surface area contributed by atoms with Crippen molar-refractivity contribution in [3.05, 3.63) is 411 Å². The van der Waals surface area contributed by atoms with Crippen LogP contribution in [0.3, 0.4) is 0 Å². The second-order valence-corrected chi connectivity index (χ2v) is 30.2. The largest absolute Gasteiger partial charge is 0.310 e. The van der Waals surface area contributed by atoms with Gasteiger partial charge in [0.05, 0.1) is 17.1 Å².